The van der Waals surface area contributed by atoms with E-state index in [0.29, 0.717) is 19.4 Å². The molecule has 1 aliphatic rings. The summed E-state index contributed by atoms with van der Waals surface area (Å²) >= 11 is 0. The zero-order valence-electron chi connectivity index (χ0n) is 14.4. The van der Waals surface area contributed by atoms with Gasteiger partial charge in [-0.05, 0) is 31.2 Å². The van der Waals surface area contributed by atoms with Crippen molar-refractivity contribution in [2.75, 3.05) is 13.7 Å². The van der Waals surface area contributed by atoms with Gasteiger partial charge in [-0.3, -0.25) is 4.79 Å². The van der Waals surface area contributed by atoms with Crippen molar-refractivity contribution in [2.24, 2.45) is 11.8 Å². The largest absolute Gasteiger partial charge is 0.467 e. The molecule has 1 saturated carbocycles. The third-order valence-electron chi connectivity index (χ3n) is 4.04. The summed E-state index contributed by atoms with van der Waals surface area (Å²) in [5, 5.41) is 2.51. The number of esters is 2. The van der Waals surface area contributed by atoms with Crippen molar-refractivity contribution in [1.29, 1.82) is 0 Å². The highest BCUT2D eigenvalue weighted by atomic mass is 16.6. The first-order valence-corrected chi connectivity index (χ1v) is 8.26. The highest BCUT2D eigenvalue weighted by Crippen LogP contribution is 2.43. The summed E-state index contributed by atoms with van der Waals surface area (Å²) in [6, 6.07) is 8.37. The van der Waals surface area contributed by atoms with Crippen LogP contribution in [0, 0.1) is 11.8 Å². The van der Waals surface area contributed by atoms with E-state index in [1.165, 1.54) is 7.11 Å². The first-order valence-electron chi connectivity index (χ1n) is 8.26. The van der Waals surface area contributed by atoms with Gasteiger partial charge in [0.15, 0.2) is 0 Å². The molecule has 7 heteroatoms. The van der Waals surface area contributed by atoms with Gasteiger partial charge in [-0.15, -0.1) is 0 Å². The maximum atomic E-state index is 11.9. The summed E-state index contributed by atoms with van der Waals surface area (Å²) in [7, 11) is 1.25. The van der Waals surface area contributed by atoms with E-state index in [4.69, 9.17) is 14.2 Å². The Morgan fingerprint density at radius 2 is 1.92 bits per heavy atom. The molecule has 25 heavy (non-hydrogen) atoms. The lowest BCUT2D eigenvalue weighted by atomic mass is 10.1. The minimum absolute atomic E-state index is 0.00225. The van der Waals surface area contributed by atoms with Crippen LogP contribution in [0.15, 0.2) is 30.3 Å². The molecule has 0 unspecified atom stereocenters. The highest BCUT2D eigenvalue weighted by molar-refractivity contribution is 5.82. The van der Waals surface area contributed by atoms with Crippen LogP contribution < -0.4 is 5.32 Å². The highest BCUT2D eigenvalue weighted by Gasteiger charge is 2.46. The molecule has 0 aliphatic heterocycles. The van der Waals surface area contributed by atoms with Crippen molar-refractivity contribution in [3.8, 4) is 0 Å². The van der Waals surface area contributed by atoms with Gasteiger partial charge in [0.1, 0.15) is 12.6 Å². The zero-order chi connectivity index (χ0) is 18.2. The van der Waals surface area contributed by atoms with E-state index in [-0.39, 0.29) is 24.4 Å². The van der Waals surface area contributed by atoms with Gasteiger partial charge in [-0.25, -0.2) is 9.59 Å². The fourth-order valence-electron chi connectivity index (χ4n) is 2.61. The molecule has 0 bridgehead atoms. The van der Waals surface area contributed by atoms with Gasteiger partial charge in [0.05, 0.1) is 19.6 Å². The fourth-order valence-corrected chi connectivity index (χ4v) is 2.61. The van der Waals surface area contributed by atoms with Crippen LogP contribution in [0.4, 0.5) is 4.79 Å². The Balaban J connectivity index is 1.82. The summed E-state index contributed by atoms with van der Waals surface area (Å²) < 4.78 is 14.8. The van der Waals surface area contributed by atoms with Crippen molar-refractivity contribution in [1.82, 2.24) is 5.32 Å². The van der Waals surface area contributed by atoms with Crippen LogP contribution in [-0.2, 0) is 30.4 Å². The van der Waals surface area contributed by atoms with Crippen LogP contribution in [0.3, 0.4) is 0 Å². The van der Waals surface area contributed by atoms with Crippen molar-refractivity contribution in [3.05, 3.63) is 35.9 Å². The van der Waals surface area contributed by atoms with E-state index in [9.17, 15) is 14.4 Å². The first-order chi connectivity index (χ1) is 12.0. The van der Waals surface area contributed by atoms with Crippen molar-refractivity contribution < 1.29 is 28.6 Å². The fraction of sp³-hybridized carbons (Fsp3) is 0.500. The predicted molar refractivity (Wildman–Crippen MR) is 88.4 cm³/mol. The Morgan fingerprint density at radius 3 is 2.56 bits per heavy atom. The van der Waals surface area contributed by atoms with Crippen molar-refractivity contribution >= 4 is 18.0 Å². The number of hydrogen-bond donors (Lipinski definition) is 1. The van der Waals surface area contributed by atoms with E-state index in [1.807, 2.05) is 30.3 Å². The molecule has 1 amide bonds. The lowest BCUT2D eigenvalue weighted by Gasteiger charge is -2.16. The number of amides is 1. The molecule has 2 rings (SSSR count). The quantitative estimate of drug-likeness (QED) is 0.570. The second kappa shape index (κ2) is 9.05. The van der Waals surface area contributed by atoms with E-state index < -0.39 is 18.1 Å². The average Bonchev–Trinajstić information content (AvgIpc) is 3.39. The Kier molecular flexibility index (Phi) is 6.80. The monoisotopic (exact) mass is 349 g/mol. The van der Waals surface area contributed by atoms with Crippen molar-refractivity contribution in [2.45, 2.75) is 32.4 Å². The minimum Gasteiger partial charge on any atom is -0.467 e. The lowest BCUT2D eigenvalue weighted by molar-refractivity contribution is -0.146. The molecule has 136 valence electrons. The standard InChI is InChI=1S/C18H23NO6/c1-3-24-16(20)14-9-13(14)10-15(17(21)23-2)19-18(22)25-11-12-7-5-4-6-8-12/h4-8,13-15H,3,9-11H2,1-2H3,(H,19,22)/t13-,14+,15+/m0/s1. The van der Waals surface area contributed by atoms with Crippen molar-refractivity contribution in [3.63, 3.8) is 0 Å². The maximum absolute atomic E-state index is 11.9. The number of nitrogens with one attached hydrogen (secondary N) is 1. The summed E-state index contributed by atoms with van der Waals surface area (Å²) in [6.07, 6.45) is 0.261. The number of rotatable bonds is 8. The van der Waals surface area contributed by atoms with E-state index in [1.54, 1.807) is 6.92 Å². The second-order valence-electron chi connectivity index (χ2n) is 5.87. The molecular formula is C18H23NO6. The molecule has 1 aliphatic carbocycles. The van der Waals surface area contributed by atoms with Crippen LogP contribution in [-0.4, -0.2) is 37.8 Å². The Bertz CT molecular complexity index is 603. The van der Waals surface area contributed by atoms with Crippen LogP contribution >= 0.6 is 0 Å². The Morgan fingerprint density at radius 1 is 1.20 bits per heavy atom. The molecule has 1 aromatic rings. The van der Waals surface area contributed by atoms with Gasteiger partial charge in [0, 0.05) is 0 Å². The number of carbonyl (C=O) groups excluding carboxylic acids is 3. The molecule has 0 aromatic heterocycles. The molecule has 0 saturated heterocycles. The average molecular weight is 349 g/mol. The summed E-state index contributed by atoms with van der Waals surface area (Å²) in [5.41, 5.74) is 0.844. The first kappa shape index (κ1) is 18.8. The Labute approximate surface area is 146 Å². The number of hydrogen-bond acceptors (Lipinski definition) is 6. The molecule has 1 aromatic carbocycles. The number of carbonyl (C=O) groups is 3. The van der Waals surface area contributed by atoms with Gasteiger partial charge in [0.2, 0.25) is 0 Å². The molecular weight excluding hydrogens is 326 g/mol. The summed E-state index contributed by atoms with van der Waals surface area (Å²) in [4.78, 5) is 35.5. The molecule has 0 heterocycles. The van der Waals surface area contributed by atoms with Gasteiger partial charge < -0.3 is 19.5 Å². The maximum Gasteiger partial charge on any atom is 0.408 e. The van der Waals surface area contributed by atoms with Gasteiger partial charge in [-0.1, -0.05) is 30.3 Å². The van der Waals surface area contributed by atoms with Gasteiger partial charge in [-0.2, -0.15) is 0 Å². The smallest absolute Gasteiger partial charge is 0.408 e. The molecule has 1 fully saturated rings. The number of alkyl carbamates (subject to hydrolysis) is 1. The predicted octanol–water partition coefficient (Wildman–Crippen LogP) is 2.04. The van der Waals surface area contributed by atoms with Crippen LogP contribution in [0.1, 0.15) is 25.3 Å². The summed E-state index contributed by atoms with van der Waals surface area (Å²) in [5.74, 6) is -1.04. The third-order valence-corrected chi connectivity index (χ3v) is 4.04. The van der Waals surface area contributed by atoms with Gasteiger partial charge >= 0.3 is 18.0 Å². The number of ether oxygens (including phenoxy) is 3. The van der Waals surface area contributed by atoms with E-state index >= 15 is 0 Å². The number of methoxy groups -OCH3 is 1. The normalized spacial score (nSPS) is 19.4. The van der Waals surface area contributed by atoms with Crippen LogP contribution in [0.2, 0.25) is 0 Å². The molecule has 0 spiro atoms. The van der Waals surface area contributed by atoms with Crippen LogP contribution in [0.25, 0.3) is 0 Å². The summed E-state index contributed by atoms with van der Waals surface area (Å²) in [6.45, 7) is 2.18. The SMILES string of the molecule is CCOC(=O)[C@@H]1C[C@H]1C[C@@H](NC(=O)OCc1ccccc1)C(=O)OC. The molecule has 3 atom stereocenters. The molecule has 0 radical (unpaired) electrons. The minimum atomic E-state index is -0.849. The van der Waals surface area contributed by atoms with Crippen LogP contribution in [0.5, 0.6) is 0 Å². The van der Waals surface area contributed by atoms with Gasteiger partial charge in [0.25, 0.3) is 0 Å². The van der Waals surface area contributed by atoms with E-state index in [2.05, 4.69) is 5.32 Å². The zero-order valence-corrected chi connectivity index (χ0v) is 14.4. The third kappa shape index (κ3) is 5.77. The van der Waals surface area contributed by atoms with E-state index in [0.717, 1.165) is 5.56 Å². The number of benzene rings is 1. The Hall–Kier alpha value is -2.57. The molecule has 1 N–H and O–H groups in total. The second-order valence-corrected chi connectivity index (χ2v) is 5.87. The lowest BCUT2D eigenvalue weighted by Crippen LogP contribution is -2.42. The topological polar surface area (TPSA) is 90.9 Å². The molecule has 7 nitrogen and oxygen atoms in total.